The molecule has 1 unspecified atom stereocenters. The lowest BCUT2D eigenvalue weighted by molar-refractivity contribution is -0.136. The van der Waals surface area contributed by atoms with Gasteiger partial charge in [-0.05, 0) is 36.0 Å². The molecule has 2 aromatic heterocycles. The number of esters is 1. The van der Waals surface area contributed by atoms with E-state index >= 15 is 0 Å². The van der Waals surface area contributed by atoms with E-state index in [4.69, 9.17) is 15.2 Å². The first-order chi connectivity index (χ1) is 13.1. The number of thiophene rings is 2. The third-order valence-corrected chi connectivity index (χ3v) is 6.43. The molecule has 4 heterocycles. The Morgan fingerprint density at radius 3 is 2.74 bits per heavy atom. The van der Waals surface area contributed by atoms with E-state index in [1.54, 1.807) is 22.7 Å². The average Bonchev–Trinajstić information content (AvgIpc) is 3.34. The number of hydrogen-bond acceptors (Lipinski definition) is 7. The summed E-state index contributed by atoms with van der Waals surface area (Å²) in [5.74, 6) is 0.204. The molecule has 0 bridgehead atoms. The number of carbonyl (C=O) groups is 1. The van der Waals surface area contributed by atoms with Crippen molar-refractivity contribution in [3.05, 3.63) is 73.1 Å². The van der Waals surface area contributed by atoms with Crippen molar-refractivity contribution in [2.75, 3.05) is 27.2 Å². The molecule has 5 nitrogen and oxygen atoms in total. The second-order valence-corrected chi connectivity index (χ2v) is 8.49. The van der Waals surface area contributed by atoms with Crippen LogP contribution < -0.4 is 5.73 Å². The summed E-state index contributed by atoms with van der Waals surface area (Å²) in [5, 5.41) is 4.05. The molecule has 2 aliphatic rings. The maximum absolute atomic E-state index is 12.5. The van der Waals surface area contributed by atoms with Crippen LogP contribution in [0.2, 0.25) is 0 Å². The van der Waals surface area contributed by atoms with Gasteiger partial charge in [0, 0.05) is 34.0 Å². The molecule has 2 N–H and O–H groups in total. The number of nitrogens with zero attached hydrogens (tertiary/aromatic N) is 1. The average molecular weight is 401 g/mol. The van der Waals surface area contributed by atoms with Gasteiger partial charge in [-0.15, -0.1) is 22.7 Å². The predicted octanol–water partition coefficient (Wildman–Crippen LogP) is 3.55. The highest BCUT2D eigenvalue weighted by Gasteiger charge is 2.40. The van der Waals surface area contributed by atoms with Crippen LogP contribution in [0.3, 0.4) is 0 Å². The number of hydrogen-bond donors (Lipinski definition) is 1. The lowest BCUT2D eigenvalue weighted by Crippen LogP contribution is -2.37. The van der Waals surface area contributed by atoms with E-state index in [-0.39, 0.29) is 11.8 Å². The van der Waals surface area contributed by atoms with E-state index in [9.17, 15) is 4.79 Å². The Hall–Kier alpha value is -2.35. The van der Waals surface area contributed by atoms with E-state index < -0.39 is 5.97 Å². The van der Waals surface area contributed by atoms with Gasteiger partial charge in [0.2, 0.25) is 5.88 Å². The van der Waals surface area contributed by atoms with Gasteiger partial charge in [-0.25, -0.2) is 4.79 Å². The van der Waals surface area contributed by atoms with Crippen LogP contribution >= 0.6 is 22.7 Å². The minimum Gasteiger partial charge on any atom is -0.465 e. The molecule has 1 atom stereocenters. The molecule has 27 heavy (non-hydrogen) atoms. The molecule has 140 valence electrons. The van der Waals surface area contributed by atoms with Crippen molar-refractivity contribution < 1.29 is 14.3 Å². The molecular weight excluding hydrogens is 380 g/mol. The van der Waals surface area contributed by atoms with Crippen LogP contribution in [-0.4, -0.2) is 38.1 Å². The maximum Gasteiger partial charge on any atom is 0.340 e. The maximum atomic E-state index is 12.5. The first-order valence-corrected chi connectivity index (χ1v) is 10.3. The summed E-state index contributed by atoms with van der Waals surface area (Å²) in [6.45, 7) is 1.46. The van der Waals surface area contributed by atoms with Crippen molar-refractivity contribution in [3.8, 4) is 0 Å². The summed E-state index contributed by atoms with van der Waals surface area (Å²) in [7, 11) is 3.43. The van der Waals surface area contributed by atoms with E-state index in [0.29, 0.717) is 12.1 Å². The van der Waals surface area contributed by atoms with Crippen LogP contribution in [-0.2, 0) is 14.3 Å². The fourth-order valence-corrected chi connectivity index (χ4v) is 5.13. The quantitative estimate of drug-likeness (QED) is 0.799. The van der Waals surface area contributed by atoms with Crippen molar-refractivity contribution in [3.63, 3.8) is 0 Å². The second-order valence-electron chi connectivity index (χ2n) is 6.53. The third kappa shape index (κ3) is 3.34. The standard InChI is InChI=1S/C20H20N2O3S2/c1-22-10-12(9-13-5-3-7-26-13)18-14(11-22)16(15-6-4-8-27-15)17(19(21)25-18)20(23)24-2/h3-9,16H,10-11,21H2,1-2H3/b12-9+. The largest absolute Gasteiger partial charge is 0.465 e. The van der Waals surface area contributed by atoms with Gasteiger partial charge in [0.15, 0.2) is 0 Å². The molecule has 0 saturated carbocycles. The number of likely N-dealkylation sites (N-methyl/N-ethyl adjacent to an activating group) is 1. The van der Waals surface area contributed by atoms with E-state index in [1.807, 2.05) is 29.0 Å². The first-order valence-electron chi connectivity index (χ1n) is 8.53. The topological polar surface area (TPSA) is 64.8 Å². The molecule has 4 rings (SSSR count). The third-order valence-electron chi connectivity index (χ3n) is 4.67. The first kappa shape index (κ1) is 18.0. The fourth-order valence-electron chi connectivity index (χ4n) is 3.58. The summed E-state index contributed by atoms with van der Waals surface area (Å²) in [5.41, 5.74) is 8.71. The predicted molar refractivity (Wildman–Crippen MR) is 108 cm³/mol. The second kappa shape index (κ2) is 7.34. The van der Waals surface area contributed by atoms with Gasteiger partial charge in [-0.1, -0.05) is 12.1 Å². The monoisotopic (exact) mass is 400 g/mol. The highest BCUT2D eigenvalue weighted by Crippen LogP contribution is 2.45. The Morgan fingerprint density at radius 1 is 1.30 bits per heavy atom. The van der Waals surface area contributed by atoms with Crippen LogP contribution in [0.25, 0.3) is 6.08 Å². The Kier molecular flexibility index (Phi) is 4.90. The SMILES string of the molecule is COC(=O)C1=C(N)OC2=C(CN(C)C/C2=C\c2cccs2)C1c1cccs1. The van der Waals surface area contributed by atoms with Crippen molar-refractivity contribution in [1.29, 1.82) is 0 Å². The molecule has 0 spiro atoms. The molecule has 2 aromatic rings. The number of methoxy groups -OCH3 is 1. The zero-order valence-corrected chi connectivity index (χ0v) is 16.7. The Bertz CT molecular complexity index is 940. The summed E-state index contributed by atoms with van der Waals surface area (Å²) in [4.78, 5) is 16.9. The van der Waals surface area contributed by atoms with Gasteiger partial charge >= 0.3 is 5.97 Å². The zero-order chi connectivity index (χ0) is 19.0. The van der Waals surface area contributed by atoms with E-state index in [0.717, 1.165) is 33.2 Å². The number of ether oxygens (including phenoxy) is 2. The minimum absolute atomic E-state index is 0.126. The smallest absolute Gasteiger partial charge is 0.340 e. The van der Waals surface area contributed by atoms with Crippen molar-refractivity contribution >= 4 is 34.7 Å². The van der Waals surface area contributed by atoms with Gasteiger partial charge in [0.05, 0.1) is 13.0 Å². The summed E-state index contributed by atoms with van der Waals surface area (Å²) in [6.07, 6.45) is 2.14. The minimum atomic E-state index is -0.450. The van der Waals surface area contributed by atoms with Gasteiger partial charge in [-0.2, -0.15) is 0 Å². The van der Waals surface area contributed by atoms with Gasteiger partial charge < -0.3 is 15.2 Å². The number of rotatable bonds is 3. The van der Waals surface area contributed by atoms with Crippen LogP contribution in [0.15, 0.2) is 63.4 Å². The molecule has 0 saturated heterocycles. The summed E-state index contributed by atoms with van der Waals surface area (Å²) in [6, 6.07) is 8.11. The van der Waals surface area contributed by atoms with Crippen molar-refractivity contribution in [2.45, 2.75) is 5.92 Å². The van der Waals surface area contributed by atoms with Crippen LogP contribution in [0.1, 0.15) is 15.7 Å². The van der Waals surface area contributed by atoms with Crippen molar-refractivity contribution in [2.24, 2.45) is 5.73 Å². The molecule has 0 amide bonds. The number of nitrogens with two attached hydrogens (primary N) is 1. The Morgan fingerprint density at radius 2 is 2.07 bits per heavy atom. The zero-order valence-electron chi connectivity index (χ0n) is 15.1. The lowest BCUT2D eigenvalue weighted by Gasteiger charge is -2.37. The summed E-state index contributed by atoms with van der Waals surface area (Å²) < 4.78 is 11.0. The molecule has 0 radical (unpaired) electrons. The van der Waals surface area contributed by atoms with Crippen LogP contribution in [0.5, 0.6) is 0 Å². The highest BCUT2D eigenvalue weighted by atomic mass is 32.1. The molecule has 0 aliphatic carbocycles. The van der Waals surface area contributed by atoms with E-state index in [1.165, 1.54) is 7.11 Å². The lowest BCUT2D eigenvalue weighted by atomic mass is 9.83. The Balaban J connectivity index is 1.87. The molecule has 0 fully saturated rings. The Labute approximate surface area is 166 Å². The van der Waals surface area contributed by atoms with Crippen LogP contribution in [0, 0.1) is 0 Å². The normalized spacial score (nSPS) is 22.0. The van der Waals surface area contributed by atoms with Gasteiger partial charge in [0.1, 0.15) is 11.3 Å². The molecular formula is C20H20N2O3S2. The van der Waals surface area contributed by atoms with Crippen molar-refractivity contribution in [1.82, 2.24) is 4.90 Å². The van der Waals surface area contributed by atoms with E-state index in [2.05, 4.69) is 24.1 Å². The number of carbonyl (C=O) groups excluding carboxylic acids is 1. The summed E-state index contributed by atoms with van der Waals surface area (Å²) >= 11 is 3.28. The van der Waals surface area contributed by atoms with Crippen LogP contribution in [0.4, 0.5) is 0 Å². The highest BCUT2D eigenvalue weighted by molar-refractivity contribution is 7.10. The molecule has 7 heteroatoms. The fraction of sp³-hybridized carbons (Fsp3) is 0.250. The molecule has 0 aromatic carbocycles. The molecule has 2 aliphatic heterocycles. The van der Waals surface area contributed by atoms with Gasteiger partial charge in [-0.3, -0.25) is 4.90 Å². The van der Waals surface area contributed by atoms with Gasteiger partial charge in [0.25, 0.3) is 0 Å².